The summed E-state index contributed by atoms with van der Waals surface area (Å²) in [4.78, 5) is 22.1. The number of aliphatic hydroxyl groups is 1. The van der Waals surface area contributed by atoms with Crippen molar-refractivity contribution in [3.05, 3.63) is 72.1 Å². The number of carbonyl (C=O) groups is 1. The molecule has 9 nitrogen and oxygen atoms in total. The Hall–Kier alpha value is -1.32. The molecule has 2 aromatic carbocycles. The van der Waals surface area contributed by atoms with Crippen molar-refractivity contribution in [2.24, 2.45) is 5.73 Å². The predicted octanol–water partition coefficient (Wildman–Crippen LogP) is 2.22. The molecule has 4 N–H and O–H groups in total. The molecule has 2 saturated heterocycles. The van der Waals surface area contributed by atoms with E-state index in [1.807, 2.05) is 60.0 Å². The predicted molar refractivity (Wildman–Crippen MR) is 175 cm³/mol. The summed E-state index contributed by atoms with van der Waals surface area (Å²) in [6.07, 6.45) is 3.03. The summed E-state index contributed by atoms with van der Waals surface area (Å²) in [5.74, 6) is 1.33. The summed E-state index contributed by atoms with van der Waals surface area (Å²) in [6, 6.07) is 17.4. The fourth-order valence-electron chi connectivity index (χ4n) is 6.38. The zero-order chi connectivity index (χ0) is 29.4. The Balaban J connectivity index is 0.00000221. The molecule has 0 spiro atoms. The smallest absolute Gasteiger partial charge is 0.394 e. The van der Waals surface area contributed by atoms with E-state index < -0.39 is 5.54 Å². The first kappa shape index (κ1) is 35.5. The third kappa shape index (κ3) is 6.71. The van der Waals surface area contributed by atoms with Crippen LogP contribution in [0.2, 0.25) is 10.0 Å². The number of hydrogen-bond acceptors (Lipinski definition) is 7. The average molecular weight is 757 g/mol. The van der Waals surface area contributed by atoms with Gasteiger partial charge in [0.15, 0.2) is 5.65 Å². The number of benzene rings is 2. The number of primary amides is 1. The van der Waals surface area contributed by atoms with Gasteiger partial charge in [-0.05, 0) is 56.0 Å². The fraction of sp³-hybridized carbons (Fsp3) is 0.375. The van der Waals surface area contributed by atoms with Gasteiger partial charge in [-0.25, -0.2) is 4.98 Å². The van der Waals surface area contributed by atoms with E-state index in [1.165, 1.54) is 0 Å². The van der Waals surface area contributed by atoms with Crippen molar-refractivity contribution in [1.29, 1.82) is 0 Å². The van der Waals surface area contributed by atoms with E-state index in [2.05, 4.69) is 21.2 Å². The number of anilines is 2. The molecule has 2 aliphatic rings. The Kier molecular flexibility index (Phi) is 12.2. The number of amides is 1. The fourth-order valence-corrected chi connectivity index (χ4v) is 6.73. The number of piperidine rings is 1. The van der Waals surface area contributed by atoms with Crippen molar-refractivity contribution in [3.63, 3.8) is 0 Å². The van der Waals surface area contributed by atoms with Crippen LogP contribution >= 0.6 is 23.2 Å². The van der Waals surface area contributed by atoms with Crippen molar-refractivity contribution in [3.8, 4) is 22.4 Å². The van der Waals surface area contributed by atoms with Crippen molar-refractivity contribution in [2.45, 2.75) is 44.2 Å². The Morgan fingerprint density at radius 2 is 1.82 bits per heavy atom. The first-order valence-electron chi connectivity index (χ1n) is 14.5. The summed E-state index contributed by atoms with van der Waals surface area (Å²) in [5, 5.41) is 19.9. The number of nitrogens with two attached hydrogens (primary N) is 1. The standard InChI is InChI=1S/C31H35Cl2N7O2.CH3.Cs/c1-2-35-31(30(34)42)13-16-38(17-14-31)26-18-25(39-15-5-6-22(39)19-41)36-29-27(20-9-11-21(32)12-10-20)28(37-40(26)29)23-7-3-4-8-24(23)33;;/h3-4,7-12,18,22,35,41H,2,5-6,13-17,19H2,1H3,(H2,34,42);1H3;/q;-1;+1. The molecular weight excluding hydrogens is 718 g/mol. The summed E-state index contributed by atoms with van der Waals surface area (Å²) >= 11 is 13.0. The molecule has 0 saturated carbocycles. The first-order chi connectivity index (χ1) is 20.3. The van der Waals surface area contributed by atoms with Gasteiger partial charge in [0, 0.05) is 36.3 Å². The van der Waals surface area contributed by atoms with E-state index >= 15 is 0 Å². The maximum atomic E-state index is 12.5. The van der Waals surface area contributed by atoms with Gasteiger partial charge < -0.3 is 33.4 Å². The Bertz CT molecular complexity index is 1610. The molecule has 2 fully saturated rings. The number of nitrogens with zero attached hydrogens (tertiary/aromatic N) is 5. The van der Waals surface area contributed by atoms with Crippen LogP contribution in [0.25, 0.3) is 28.0 Å². The summed E-state index contributed by atoms with van der Waals surface area (Å²) < 4.78 is 1.89. The SMILES string of the molecule is CCNC1(C(N)=O)CCN(c2cc(N3CCCC3CO)nc3c(-c4ccc(Cl)cc4)c(-c4ccccc4Cl)nn23)CC1.[CH3-].[Cs+]. The number of rotatable bonds is 8. The average Bonchev–Trinajstić information content (AvgIpc) is 3.63. The minimum atomic E-state index is -0.738. The van der Waals surface area contributed by atoms with Crippen molar-refractivity contribution in [2.75, 3.05) is 42.6 Å². The third-order valence-corrected chi connectivity index (χ3v) is 9.21. The molecule has 44 heavy (non-hydrogen) atoms. The molecule has 0 radical (unpaired) electrons. The summed E-state index contributed by atoms with van der Waals surface area (Å²) in [5.41, 5.74) is 9.10. The molecule has 0 bridgehead atoms. The molecular formula is C32H38Cl2CsN7O2. The second kappa shape index (κ2) is 15.1. The molecule has 12 heteroatoms. The Morgan fingerprint density at radius 3 is 2.45 bits per heavy atom. The number of aliphatic hydroxyl groups excluding tert-OH is 1. The van der Waals surface area contributed by atoms with Crippen LogP contribution in [0.4, 0.5) is 11.6 Å². The summed E-state index contributed by atoms with van der Waals surface area (Å²) in [7, 11) is 0. The Morgan fingerprint density at radius 1 is 1.11 bits per heavy atom. The van der Waals surface area contributed by atoms with E-state index in [9.17, 15) is 9.90 Å². The van der Waals surface area contributed by atoms with E-state index in [4.69, 9.17) is 39.0 Å². The van der Waals surface area contributed by atoms with Gasteiger partial charge in [-0.3, -0.25) is 4.79 Å². The van der Waals surface area contributed by atoms with E-state index in [1.54, 1.807) is 0 Å². The molecule has 2 aliphatic heterocycles. The number of halogens is 2. The number of hydrogen-bond donors (Lipinski definition) is 3. The number of carbonyl (C=O) groups excluding carboxylic acids is 1. The van der Waals surface area contributed by atoms with Crippen LogP contribution in [-0.4, -0.2) is 70.0 Å². The number of aromatic nitrogens is 3. The van der Waals surface area contributed by atoms with Crippen LogP contribution in [0.1, 0.15) is 32.6 Å². The van der Waals surface area contributed by atoms with Crippen LogP contribution in [0.15, 0.2) is 54.6 Å². The van der Waals surface area contributed by atoms with Gasteiger partial charge in [-0.1, -0.05) is 60.5 Å². The molecule has 2 aromatic heterocycles. The van der Waals surface area contributed by atoms with Crippen molar-refractivity contribution < 1.29 is 78.8 Å². The van der Waals surface area contributed by atoms with Gasteiger partial charge in [0.05, 0.1) is 23.2 Å². The van der Waals surface area contributed by atoms with Gasteiger partial charge >= 0.3 is 68.9 Å². The summed E-state index contributed by atoms with van der Waals surface area (Å²) in [6.45, 7) is 4.73. The van der Waals surface area contributed by atoms with Gasteiger partial charge in [0.25, 0.3) is 0 Å². The second-order valence-corrected chi connectivity index (χ2v) is 11.9. The molecule has 1 amide bonds. The van der Waals surface area contributed by atoms with E-state index in [0.717, 1.165) is 47.7 Å². The van der Waals surface area contributed by atoms with Crippen LogP contribution in [0.5, 0.6) is 0 Å². The van der Waals surface area contributed by atoms with Gasteiger partial charge in [-0.2, -0.15) is 9.61 Å². The van der Waals surface area contributed by atoms with E-state index in [-0.39, 0.29) is 94.9 Å². The molecule has 0 aliphatic carbocycles. The molecule has 228 valence electrons. The van der Waals surface area contributed by atoms with Gasteiger partial charge in [-0.15, -0.1) is 0 Å². The second-order valence-electron chi connectivity index (χ2n) is 11.1. The monoisotopic (exact) mass is 755 g/mol. The van der Waals surface area contributed by atoms with E-state index in [0.29, 0.717) is 53.9 Å². The van der Waals surface area contributed by atoms with Crippen LogP contribution in [0.3, 0.4) is 0 Å². The zero-order valence-electron chi connectivity index (χ0n) is 25.6. The minimum absolute atomic E-state index is 0. The topological polar surface area (TPSA) is 112 Å². The Labute approximate surface area is 327 Å². The number of nitrogens with one attached hydrogen (secondary N) is 1. The first-order valence-corrected chi connectivity index (χ1v) is 15.2. The molecule has 1 unspecified atom stereocenters. The van der Waals surface area contributed by atoms with Gasteiger partial charge in [0.1, 0.15) is 22.9 Å². The largest absolute Gasteiger partial charge is 1.00 e. The van der Waals surface area contributed by atoms with Crippen LogP contribution in [-0.2, 0) is 4.79 Å². The maximum absolute atomic E-state index is 12.5. The van der Waals surface area contributed by atoms with Crippen LogP contribution < -0.4 is 89.7 Å². The molecule has 6 rings (SSSR count). The van der Waals surface area contributed by atoms with Crippen LogP contribution in [0, 0.1) is 7.43 Å². The molecule has 4 heterocycles. The number of fused-ring (bicyclic) bond motifs is 1. The van der Waals surface area contributed by atoms with Crippen molar-refractivity contribution >= 4 is 46.4 Å². The third-order valence-electron chi connectivity index (χ3n) is 8.63. The minimum Gasteiger partial charge on any atom is -0.394 e. The molecule has 4 aromatic rings. The quantitative estimate of drug-likeness (QED) is 0.237. The maximum Gasteiger partial charge on any atom is 1.00 e. The normalized spacial score (nSPS) is 17.8. The zero-order valence-corrected chi connectivity index (χ0v) is 33.4. The molecule has 1 atom stereocenters. The van der Waals surface area contributed by atoms with Gasteiger partial charge in [0.2, 0.25) is 5.91 Å². The number of likely N-dealkylation sites (N-methyl/N-ethyl adjacent to an activating group) is 1. The van der Waals surface area contributed by atoms with Crippen molar-refractivity contribution in [1.82, 2.24) is 19.9 Å².